The van der Waals surface area contributed by atoms with Crippen LogP contribution >= 0.6 is 33.9 Å². The minimum atomic E-state index is -4.02. The van der Waals surface area contributed by atoms with Crippen LogP contribution in [0.1, 0.15) is 12.5 Å². The van der Waals surface area contributed by atoms with Crippen LogP contribution in [0.4, 0.5) is 5.69 Å². The molecule has 0 aliphatic carbocycles. The Labute approximate surface area is 126 Å². The fourth-order valence-corrected chi connectivity index (χ4v) is 3.93. The highest BCUT2D eigenvalue weighted by atomic mass is 35.7. The predicted octanol–water partition coefficient (Wildman–Crippen LogP) is 2.99. The summed E-state index contributed by atoms with van der Waals surface area (Å²) in [7, 11) is -2.37. The summed E-state index contributed by atoms with van der Waals surface area (Å²) in [4.78, 5) is -0.261. The van der Waals surface area contributed by atoms with E-state index < -0.39 is 19.1 Å². The molecule has 0 heterocycles. The van der Waals surface area contributed by atoms with Crippen molar-refractivity contribution in [2.24, 2.45) is 0 Å². The normalized spacial score (nSPS) is 12.5. The first kappa shape index (κ1) is 16.8. The molecule has 0 aliphatic heterocycles. The van der Waals surface area contributed by atoms with Gasteiger partial charge in [-0.05, 0) is 25.5 Å². The van der Waals surface area contributed by atoms with Crippen LogP contribution in [0.3, 0.4) is 0 Å². The van der Waals surface area contributed by atoms with Gasteiger partial charge in [0.05, 0.1) is 26.4 Å². The lowest BCUT2D eigenvalue weighted by Crippen LogP contribution is -2.15. The average Bonchev–Trinajstić information content (AvgIpc) is 2.28. The van der Waals surface area contributed by atoms with Crippen LogP contribution in [-0.2, 0) is 19.1 Å². The zero-order valence-corrected chi connectivity index (χ0v) is 13.8. The molecule has 0 radical (unpaired) electrons. The van der Waals surface area contributed by atoms with Gasteiger partial charge in [-0.1, -0.05) is 23.2 Å². The van der Waals surface area contributed by atoms with Gasteiger partial charge in [0, 0.05) is 10.7 Å². The first-order valence-electron chi connectivity index (χ1n) is 4.93. The van der Waals surface area contributed by atoms with Crippen molar-refractivity contribution in [1.82, 2.24) is 0 Å². The molecule has 1 rings (SSSR count). The number of benzene rings is 1. The van der Waals surface area contributed by atoms with Gasteiger partial charge < -0.3 is 0 Å². The Morgan fingerprint density at radius 2 is 1.74 bits per heavy atom. The predicted molar refractivity (Wildman–Crippen MR) is 77.3 cm³/mol. The molecule has 19 heavy (non-hydrogen) atoms. The number of anilines is 1. The van der Waals surface area contributed by atoms with Gasteiger partial charge in [-0.15, -0.1) is 0 Å². The molecule has 0 aromatic heterocycles. The van der Waals surface area contributed by atoms with Gasteiger partial charge in [0.25, 0.3) is 9.05 Å². The maximum absolute atomic E-state index is 11.5. The smallest absolute Gasteiger partial charge is 0.261 e. The maximum atomic E-state index is 11.5. The summed E-state index contributed by atoms with van der Waals surface area (Å²) in [5, 5.41) is -0.254. The van der Waals surface area contributed by atoms with Crippen LogP contribution in [0.25, 0.3) is 0 Å². The molecule has 108 valence electrons. The van der Waals surface area contributed by atoms with Crippen molar-refractivity contribution < 1.29 is 16.8 Å². The molecule has 0 saturated carbocycles. The Balaban J connectivity index is 3.52. The first-order chi connectivity index (χ1) is 8.49. The zero-order valence-electron chi connectivity index (χ0n) is 9.87. The Hall–Kier alpha value is -0.210. The van der Waals surface area contributed by atoms with Crippen LogP contribution in [0, 0.1) is 6.92 Å². The number of sulfonamides is 1. The SMILES string of the molecule is CCS(=O)(=O)Nc1c(Cl)cc(S(=O)(=O)Cl)c(C)c1Cl. The summed E-state index contributed by atoms with van der Waals surface area (Å²) in [6.07, 6.45) is 0. The fourth-order valence-electron chi connectivity index (χ4n) is 1.27. The summed E-state index contributed by atoms with van der Waals surface area (Å²) < 4.78 is 47.8. The molecule has 1 aromatic rings. The van der Waals surface area contributed by atoms with Crippen LogP contribution in [0.2, 0.25) is 10.0 Å². The van der Waals surface area contributed by atoms with E-state index in [9.17, 15) is 16.8 Å². The zero-order chi connectivity index (χ0) is 15.0. The Morgan fingerprint density at radius 1 is 1.21 bits per heavy atom. The quantitative estimate of drug-likeness (QED) is 0.831. The molecule has 0 aliphatic rings. The molecule has 1 N–H and O–H groups in total. The standard InChI is InChI=1S/C9H10Cl3NO4S2/c1-3-18(14,15)13-9-6(10)4-7(19(12,16)17)5(2)8(9)11/h4,13H,3H2,1-2H3. The van der Waals surface area contributed by atoms with E-state index in [2.05, 4.69) is 4.72 Å². The number of nitrogens with one attached hydrogen (secondary N) is 1. The second-order valence-corrected chi connectivity index (χ2v) is 8.94. The lowest BCUT2D eigenvalue weighted by atomic mass is 10.2. The number of hydrogen-bond donors (Lipinski definition) is 1. The molecule has 0 bridgehead atoms. The Kier molecular flexibility index (Phi) is 5.01. The van der Waals surface area contributed by atoms with Gasteiger partial charge in [-0.2, -0.15) is 0 Å². The van der Waals surface area contributed by atoms with E-state index in [-0.39, 0.29) is 31.9 Å². The fraction of sp³-hybridized carbons (Fsp3) is 0.333. The van der Waals surface area contributed by atoms with Gasteiger partial charge in [0.2, 0.25) is 10.0 Å². The molecule has 5 nitrogen and oxygen atoms in total. The molecule has 1 aromatic carbocycles. The molecular weight excluding hydrogens is 357 g/mol. The minimum absolute atomic E-state index is 0.0632. The van der Waals surface area contributed by atoms with Gasteiger partial charge in [-0.25, -0.2) is 16.8 Å². The van der Waals surface area contributed by atoms with Crippen molar-refractivity contribution >= 4 is 58.6 Å². The molecule has 10 heteroatoms. The summed E-state index contributed by atoms with van der Waals surface area (Å²) in [5.41, 5.74) is 0.0571. The molecule has 0 unspecified atom stereocenters. The Morgan fingerprint density at radius 3 is 2.16 bits per heavy atom. The largest absolute Gasteiger partial charge is 0.281 e. The lowest BCUT2D eigenvalue weighted by Gasteiger charge is -2.14. The van der Waals surface area contributed by atoms with E-state index in [1.54, 1.807) is 0 Å². The van der Waals surface area contributed by atoms with E-state index in [0.717, 1.165) is 6.07 Å². The Bertz CT molecular complexity index is 713. The third-order valence-corrected chi connectivity index (χ3v) is 5.81. The second-order valence-electron chi connectivity index (χ2n) is 3.61. The molecule has 0 amide bonds. The summed E-state index contributed by atoms with van der Waals surface area (Å²) in [5.74, 6) is -0.172. The number of halogens is 3. The molecular formula is C9H10Cl3NO4S2. The summed E-state index contributed by atoms with van der Waals surface area (Å²) in [6.45, 7) is 2.84. The van der Waals surface area contributed by atoms with E-state index in [1.165, 1.54) is 13.8 Å². The van der Waals surface area contributed by atoms with Gasteiger partial charge in [0.15, 0.2) is 0 Å². The second kappa shape index (κ2) is 5.65. The third kappa shape index (κ3) is 3.88. The maximum Gasteiger partial charge on any atom is 0.261 e. The van der Waals surface area contributed by atoms with Crippen molar-refractivity contribution in [2.45, 2.75) is 18.7 Å². The molecule has 0 spiro atoms. The van der Waals surface area contributed by atoms with Gasteiger partial charge in [0.1, 0.15) is 0 Å². The van der Waals surface area contributed by atoms with Crippen molar-refractivity contribution in [3.63, 3.8) is 0 Å². The highest BCUT2D eigenvalue weighted by Gasteiger charge is 2.22. The van der Waals surface area contributed by atoms with Crippen molar-refractivity contribution in [2.75, 3.05) is 10.5 Å². The van der Waals surface area contributed by atoms with Crippen LogP contribution in [-0.4, -0.2) is 22.6 Å². The summed E-state index contributed by atoms with van der Waals surface area (Å²) in [6, 6.07) is 1.05. The highest BCUT2D eigenvalue weighted by Crippen LogP contribution is 2.38. The van der Waals surface area contributed by atoms with Gasteiger partial charge in [-0.3, -0.25) is 4.72 Å². The van der Waals surface area contributed by atoms with Crippen molar-refractivity contribution in [3.8, 4) is 0 Å². The average molecular weight is 367 g/mol. The van der Waals surface area contributed by atoms with Crippen molar-refractivity contribution in [3.05, 3.63) is 21.7 Å². The van der Waals surface area contributed by atoms with Gasteiger partial charge >= 0.3 is 0 Å². The first-order valence-corrected chi connectivity index (χ1v) is 9.65. The van der Waals surface area contributed by atoms with Crippen LogP contribution in [0.15, 0.2) is 11.0 Å². The third-order valence-electron chi connectivity index (χ3n) is 2.32. The highest BCUT2D eigenvalue weighted by molar-refractivity contribution is 8.13. The van der Waals surface area contributed by atoms with Crippen molar-refractivity contribution in [1.29, 1.82) is 0 Å². The van der Waals surface area contributed by atoms with E-state index in [0.29, 0.717) is 0 Å². The van der Waals surface area contributed by atoms with E-state index in [1.807, 2.05) is 0 Å². The topological polar surface area (TPSA) is 80.3 Å². The monoisotopic (exact) mass is 365 g/mol. The number of rotatable bonds is 4. The van der Waals surface area contributed by atoms with E-state index >= 15 is 0 Å². The lowest BCUT2D eigenvalue weighted by molar-refractivity contribution is 0.602. The van der Waals surface area contributed by atoms with Crippen LogP contribution < -0.4 is 4.72 Å². The molecule has 0 atom stereocenters. The molecule has 0 fully saturated rings. The minimum Gasteiger partial charge on any atom is -0.281 e. The van der Waals surface area contributed by atoms with E-state index in [4.69, 9.17) is 33.9 Å². The summed E-state index contributed by atoms with van der Waals surface area (Å²) >= 11 is 11.8. The van der Waals surface area contributed by atoms with Crippen LogP contribution in [0.5, 0.6) is 0 Å². The molecule has 0 saturated heterocycles. The number of hydrogen-bond acceptors (Lipinski definition) is 4.